The van der Waals surface area contributed by atoms with Gasteiger partial charge >= 0.3 is 24.3 Å². The number of fused-ring (bicyclic) bond motifs is 2. The largest absolute Gasteiger partial charge is 0.497 e. The Kier molecular flexibility index (Phi) is 16.0. The standard InChI is InChI=1S/C58H62F5N9O5.C2HF3O2/c1-33-23-45-44(27-65-72(45)46-9-6-7-22-75-46)47(49(33)58(61,62)63)51-50(60)52-48-54(68-56(67-52)77-32-57-20-8-21-70(57)30-40(59)25-57)71(34(2)31-76-55(48)66-51)35(3)43-24-39(38-14-15-38)26-64-53(43)69(28-36-10-16-41(73-4)17-11-36)29-37-12-18-42(74-5)19-13-37;3-2(4,5)1(6)7/h10-13,16-19,23-24,26-27,34-35,38,40,46H,6-9,14-15,20-22,25,28-32H2,1-5H3;(H,6,7)/t34-,35+,40+,46?,57-;/m0./s1. The van der Waals surface area contributed by atoms with Crippen LogP contribution in [0.25, 0.3) is 33.1 Å². The van der Waals surface area contributed by atoms with Gasteiger partial charge in [0.2, 0.25) is 5.88 Å². The van der Waals surface area contributed by atoms with E-state index in [9.17, 15) is 13.2 Å². The zero-order valence-electron chi connectivity index (χ0n) is 46.9. The molecule has 0 radical (unpaired) electrons. The topological polar surface area (TPSA) is 163 Å². The first-order valence-electron chi connectivity index (χ1n) is 28.0. The molecule has 84 heavy (non-hydrogen) atoms. The maximum Gasteiger partial charge on any atom is 0.490 e. The van der Waals surface area contributed by atoms with E-state index in [-0.39, 0.29) is 65.7 Å². The second kappa shape index (κ2) is 23.1. The third kappa shape index (κ3) is 11.5. The lowest BCUT2D eigenvalue weighted by atomic mass is 9.94. The molecule has 1 N–H and O–H groups in total. The van der Waals surface area contributed by atoms with Crippen molar-refractivity contribution in [2.75, 3.05) is 56.9 Å². The zero-order chi connectivity index (χ0) is 59.4. The minimum absolute atomic E-state index is 0.0151. The lowest BCUT2D eigenvalue weighted by Gasteiger charge is -2.37. The molecule has 4 aliphatic heterocycles. The van der Waals surface area contributed by atoms with Crippen LogP contribution in [0.2, 0.25) is 0 Å². The number of aliphatic carboxylic acids is 1. The Hall–Kier alpha value is -7.60. The van der Waals surface area contributed by atoms with Gasteiger partial charge in [-0.3, -0.25) is 4.90 Å². The van der Waals surface area contributed by atoms with Gasteiger partial charge in [0.1, 0.15) is 59.1 Å². The quantitative estimate of drug-likeness (QED) is 0.0964. The Balaban J connectivity index is 0.000000991. The molecule has 0 spiro atoms. The molecule has 446 valence electrons. The number of ether oxygens (including phenoxy) is 5. The summed E-state index contributed by atoms with van der Waals surface area (Å²) in [5.41, 5.74) is 1.10. The number of carboxylic acids is 1. The van der Waals surface area contributed by atoms with E-state index in [0.717, 1.165) is 65.9 Å². The summed E-state index contributed by atoms with van der Waals surface area (Å²) in [4.78, 5) is 35.2. The number of alkyl halides is 7. The molecule has 8 heterocycles. The van der Waals surface area contributed by atoms with E-state index in [1.165, 1.54) is 19.2 Å². The number of carboxylic acid groups (broad SMARTS) is 1. The van der Waals surface area contributed by atoms with E-state index in [0.29, 0.717) is 56.3 Å². The van der Waals surface area contributed by atoms with E-state index in [4.69, 9.17) is 53.5 Å². The number of aryl methyl sites for hydroxylation is 1. The fraction of sp³-hybridized carbons (Fsp3) is 0.467. The van der Waals surface area contributed by atoms with Crippen LogP contribution in [0, 0.1) is 12.7 Å². The van der Waals surface area contributed by atoms with Crippen molar-refractivity contribution in [3.05, 3.63) is 112 Å². The minimum atomic E-state index is -5.08. The molecule has 24 heteroatoms. The number of pyridine rings is 2. The van der Waals surface area contributed by atoms with Crippen molar-refractivity contribution >= 4 is 39.4 Å². The van der Waals surface area contributed by atoms with Gasteiger partial charge in [0.25, 0.3) is 0 Å². The Labute approximate surface area is 478 Å². The molecule has 3 saturated heterocycles. The third-order valence-corrected chi connectivity index (χ3v) is 16.6. The van der Waals surface area contributed by atoms with Crippen molar-refractivity contribution in [3.8, 4) is 34.6 Å². The average Bonchev–Trinajstić information content (AvgIpc) is 1.36. The number of anilines is 2. The van der Waals surface area contributed by atoms with E-state index in [2.05, 4.69) is 21.0 Å². The molecule has 0 bridgehead atoms. The number of benzene rings is 3. The van der Waals surface area contributed by atoms with E-state index in [1.807, 2.05) is 73.5 Å². The summed E-state index contributed by atoms with van der Waals surface area (Å²) >= 11 is 0. The van der Waals surface area contributed by atoms with Gasteiger partial charge in [0, 0.05) is 55.4 Å². The summed E-state index contributed by atoms with van der Waals surface area (Å²) in [5.74, 6) is -1.28. The molecular formula is C60H63F8N9O7. The van der Waals surface area contributed by atoms with E-state index in [1.54, 1.807) is 18.9 Å². The number of hydrogen-bond acceptors (Lipinski definition) is 14. The summed E-state index contributed by atoms with van der Waals surface area (Å²) in [6.07, 6.45) is -2.13. The van der Waals surface area contributed by atoms with Crippen LogP contribution in [0.4, 0.5) is 46.8 Å². The number of methoxy groups -OCH3 is 2. The molecule has 5 atom stereocenters. The van der Waals surface area contributed by atoms with Gasteiger partial charge in [-0.1, -0.05) is 24.3 Å². The molecule has 16 nitrogen and oxygen atoms in total. The Bertz CT molecular complexity index is 3510. The van der Waals surface area contributed by atoms with Crippen LogP contribution < -0.4 is 28.7 Å². The van der Waals surface area contributed by atoms with Gasteiger partial charge in [-0.2, -0.15) is 41.4 Å². The van der Waals surface area contributed by atoms with E-state index < -0.39 is 71.0 Å². The Morgan fingerprint density at radius 3 is 2.20 bits per heavy atom. The lowest BCUT2D eigenvalue weighted by molar-refractivity contribution is -0.192. The average molecular weight is 1170 g/mol. The van der Waals surface area contributed by atoms with Gasteiger partial charge in [-0.15, -0.1) is 0 Å². The van der Waals surface area contributed by atoms with Gasteiger partial charge in [-0.25, -0.2) is 28.2 Å². The normalized spacial score (nSPS) is 21.1. The Morgan fingerprint density at radius 2 is 1.60 bits per heavy atom. The first kappa shape index (κ1) is 58.2. The second-order valence-electron chi connectivity index (χ2n) is 22.3. The third-order valence-electron chi connectivity index (χ3n) is 16.6. The number of nitrogens with zero attached hydrogens (tertiary/aromatic N) is 9. The van der Waals surface area contributed by atoms with Crippen molar-refractivity contribution < 1.29 is 68.7 Å². The molecule has 1 unspecified atom stereocenters. The van der Waals surface area contributed by atoms with Gasteiger partial charge < -0.3 is 38.6 Å². The van der Waals surface area contributed by atoms with Crippen molar-refractivity contribution in [1.82, 2.24) is 34.6 Å². The summed E-state index contributed by atoms with van der Waals surface area (Å²) in [6.45, 7) is 7.78. The fourth-order valence-corrected chi connectivity index (χ4v) is 12.4. The van der Waals surface area contributed by atoms with Gasteiger partial charge in [0.05, 0.1) is 49.1 Å². The van der Waals surface area contributed by atoms with Crippen molar-refractivity contribution in [2.45, 2.75) is 134 Å². The van der Waals surface area contributed by atoms with Crippen LogP contribution in [-0.2, 0) is 28.8 Å². The number of aromatic nitrogens is 6. The highest BCUT2D eigenvalue weighted by atomic mass is 19.4. The second-order valence-corrected chi connectivity index (χ2v) is 22.3. The lowest BCUT2D eigenvalue weighted by Crippen LogP contribution is -2.43. The maximum absolute atomic E-state index is 18.4. The molecule has 1 aliphatic carbocycles. The Morgan fingerprint density at radius 1 is 0.917 bits per heavy atom. The number of rotatable bonds is 15. The van der Waals surface area contributed by atoms with Gasteiger partial charge in [-0.05, 0) is 137 Å². The number of halogens is 8. The smallest absolute Gasteiger partial charge is 0.490 e. The number of hydrogen-bond donors (Lipinski definition) is 1. The summed E-state index contributed by atoms with van der Waals surface area (Å²) in [5, 5.41) is 11.8. The van der Waals surface area contributed by atoms with Crippen LogP contribution in [0.5, 0.6) is 23.4 Å². The molecule has 7 aromatic rings. The monoisotopic (exact) mass is 1170 g/mol. The molecule has 0 amide bonds. The van der Waals surface area contributed by atoms with E-state index >= 15 is 22.0 Å². The van der Waals surface area contributed by atoms with Crippen molar-refractivity contribution in [1.29, 1.82) is 0 Å². The first-order chi connectivity index (χ1) is 40.1. The molecule has 4 aromatic heterocycles. The van der Waals surface area contributed by atoms with Crippen LogP contribution in [0.15, 0.2) is 73.1 Å². The highest BCUT2D eigenvalue weighted by Crippen LogP contribution is 2.50. The summed E-state index contributed by atoms with van der Waals surface area (Å²) in [7, 11) is 3.27. The summed E-state index contributed by atoms with van der Waals surface area (Å²) < 4.78 is 144. The van der Waals surface area contributed by atoms with Crippen LogP contribution in [0.3, 0.4) is 0 Å². The van der Waals surface area contributed by atoms with Crippen LogP contribution in [-0.4, -0.2) is 117 Å². The molecular weight excluding hydrogens is 1110 g/mol. The molecule has 1 saturated carbocycles. The van der Waals surface area contributed by atoms with Crippen molar-refractivity contribution in [3.63, 3.8) is 0 Å². The fourth-order valence-electron chi connectivity index (χ4n) is 12.4. The minimum Gasteiger partial charge on any atom is -0.497 e. The zero-order valence-corrected chi connectivity index (χ0v) is 46.9. The van der Waals surface area contributed by atoms with Gasteiger partial charge in [0.15, 0.2) is 12.0 Å². The molecule has 4 fully saturated rings. The highest BCUT2D eigenvalue weighted by molar-refractivity contribution is 6.02. The molecule has 5 aliphatic rings. The predicted molar refractivity (Wildman–Crippen MR) is 295 cm³/mol. The predicted octanol–water partition coefficient (Wildman–Crippen LogP) is 12.6. The molecule has 12 rings (SSSR count). The number of carbonyl (C=O) groups is 1. The first-order valence-corrected chi connectivity index (χ1v) is 28.0. The highest BCUT2D eigenvalue weighted by Gasteiger charge is 2.50. The maximum atomic E-state index is 18.4. The van der Waals surface area contributed by atoms with Crippen molar-refractivity contribution in [2.24, 2.45) is 0 Å². The SMILES string of the molecule is COc1ccc(CN(Cc2ccc(OC)cc2)c2ncc(C3CC3)cc2[C@@H](C)N2c3nc(OC[C@@]45CCCN4C[C@H](F)C5)nc4c(F)c(-c5c(C(F)(F)F)c(C)cc6c5cnn6C5CCCCO5)nc(c34)OC[C@@H]2C)cc1.O=C(O)C(F)(F)F. The summed E-state index contributed by atoms with van der Waals surface area (Å²) in [6, 6.07) is 18.2. The van der Waals surface area contributed by atoms with Crippen LogP contribution in [0.1, 0.15) is 117 Å². The molecule has 3 aromatic carbocycles. The van der Waals surface area contributed by atoms with Crippen LogP contribution >= 0.6 is 0 Å².